The van der Waals surface area contributed by atoms with Gasteiger partial charge in [0.15, 0.2) is 0 Å². The number of ether oxygens (including phenoxy) is 1. The van der Waals surface area contributed by atoms with Crippen LogP contribution in [0.1, 0.15) is 37.7 Å². The van der Waals surface area contributed by atoms with E-state index >= 15 is 0 Å². The number of benzene rings is 2. The van der Waals surface area contributed by atoms with Crippen molar-refractivity contribution in [2.75, 3.05) is 16.3 Å². The van der Waals surface area contributed by atoms with Crippen molar-refractivity contribution in [3.05, 3.63) is 58.1 Å². The van der Waals surface area contributed by atoms with E-state index in [2.05, 4.69) is 0 Å². The van der Waals surface area contributed by atoms with Gasteiger partial charge in [0.25, 0.3) is 5.69 Å². The SMILES string of the molecule is Cc1ccc(N2C[C@H](C(=O)Oc3ccc(N4C(=O)[C@H]5CCCC[C@@H]5C4=O)cc3)CC2=O)cc1[N+](=O)[O-]. The molecule has 3 aliphatic rings. The van der Waals surface area contributed by atoms with Gasteiger partial charge in [-0.1, -0.05) is 18.9 Å². The summed E-state index contributed by atoms with van der Waals surface area (Å²) in [6, 6.07) is 10.7. The number of esters is 1. The molecule has 0 N–H and O–H groups in total. The minimum Gasteiger partial charge on any atom is -0.426 e. The monoisotopic (exact) mass is 491 g/mol. The van der Waals surface area contributed by atoms with Crippen LogP contribution in [-0.4, -0.2) is 35.2 Å². The zero-order valence-electron chi connectivity index (χ0n) is 19.7. The van der Waals surface area contributed by atoms with Gasteiger partial charge in [0.05, 0.1) is 34.1 Å². The third kappa shape index (κ3) is 4.12. The number of nitro groups is 1. The molecule has 186 valence electrons. The lowest BCUT2D eigenvalue weighted by Crippen LogP contribution is -2.30. The quantitative estimate of drug-likeness (QED) is 0.206. The minimum absolute atomic E-state index is 0.0511. The van der Waals surface area contributed by atoms with Crippen molar-refractivity contribution in [3.8, 4) is 5.75 Å². The molecule has 2 heterocycles. The van der Waals surface area contributed by atoms with Crippen LogP contribution in [0, 0.1) is 34.8 Å². The highest BCUT2D eigenvalue weighted by Crippen LogP contribution is 2.40. The summed E-state index contributed by atoms with van der Waals surface area (Å²) in [7, 11) is 0. The molecule has 1 saturated carbocycles. The van der Waals surface area contributed by atoms with E-state index in [1.54, 1.807) is 31.2 Å². The fourth-order valence-electron chi connectivity index (χ4n) is 5.36. The smallest absolute Gasteiger partial charge is 0.316 e. The van der Waals surface area contributed by atoms with E-state index in [1.807, 2.05) is 0 Å². The van der Waals surface area contributed by atoms with E-state index in [0.29, 0.717) is 16.9 Å². The van der Waals surface area contributed by atoms with Gasteiger partial charge in [-0.2, -0.15) is 0 Å². The molecule has 10 heteroatoms. The zero-order chi connectivity index (χ0) is 25.6. The predicted octanol–water partition coefficient (Wildman–Crippen LogP) is 3.54. The van der Waals surface area contributed by atoms with Crippen LogP contribution in [0.25, 0.3) is 0 Å². The fraction of sp³-hybridized carbons (Fsp3) is 0.385. The largest absolute Gasteiger partial charge is 0.426 e. The molecule has 3 amide bonds. The molecule has 2 aromatic carbocycles. The van der Waals surface area contributed by atoms with Gasteiger partial charge in [0, 0.05) is 24.6 Å². The Morgan fingerprint density at radius 1 is 0.972 bits per heavy atom. The molecule has 0 bridgehead atoms. The minimum atomic E-state index is -0.734. The highest BCUT2D eigenvalue weighted by Gasteiger charge is 2.48. The normalized spacial score (nSPS) is 23.7. The van der Waals surface area contributed by atoms with Crippen molar-refractivity contribution >= 4 is 40.8 Å². The van der Waals surface area contributed by atoms with E-state index in [9.17, 15) is 29.3 Å². The van der Waals surface area contributed by atoms with Gasteiger partial charge in [-0.3, -0.25) is 34.2 Å². The highest BCUT2D eigenvalue weighted by molar-refractivity contribution is 6.22. The van der Waals surface area contributed by atoms with Gasteiger partial charge in [-0.05, 0) is 50.1 Å². The van der Waals surface area contributed by atoms with E-state index in [1.165, 1.54) is 28.0 Å². The van der Waals surface area contributed by atoms with Crippen molar-refractivity contribution in [2.24, 2.45) is 17.8 Å². The molecule has 0 radical (unpaired) electrons. The number of amides is 3. The molecule has 10 nitrogen and oxygen atoms in total. The van der Waals surface area contributed by atoms with Gasteiger partial charge in [-0.25, -0.2) is 0 Å². The Kier molecular flexibility index (Phi) is 6.03. The van der Waals surface area contributed by atoms with Crippen molar-refractivity contribution in [1.82, 2.24) is 0 Å². The molecule has 0 spiro atoms. The summed E-state index contributed by atoms with van der Waals surface area (Å²) < 4.78 is 5.46. The topological polar surface area (TPSA) is 127 Å². The number of imide groups is 1. The Labute approximate surface area is 207 Å². The van der Waals surface area contributed by atoms with Gasteiger partial charge >= 0.3 is 5.97 Å². The van der Waals surface area contributed by atoms with E-state index < -0.39 is 16.8 Å². The second-order valence-corrected chi connectivity index (χ2v) is 9.56. The molecule has 0 unspecified atom stereocenters. The third-order valence-corrected chi connectivity index (χ3v) is 7.31. The summed E-state index contributed by atoms with van der Waals surface area (Å²) in [4.78, 5) is 64.2. The first kappa shape index (κ1) is 23.7. The molecule has 0 aromatic heterocycles. The first-order valence-electron chi connectivity index (χ1n) is 12.0. The Bertz CT molecular complexity index is 1250. The number of nitro benzene ring substituents is 1. The van der Waals surface area contributed by atoms with E-state index in [4.69, 9.17) is 4.74 Å². The average molecular weight is 492 g/mol. The van der Waals surface area contributed by atoms with Crippen LogP contribution in [0.15, 0.2) is 42.5 Å². The molecule has 1 aliphatic carbocycles. The van der Waals surface area contributed by atoms with Crippen molar-refractivity contribution in [2.45, 2.75) is 39.0 Å². The van der Waals surface area contributed by atoms with Gasteiger partial charge in [-0.15, -0.1) is 0 Å². The first-order valence-corrected chi connectivity index (χ1v) is 12.0. The van der Waals surface area contributed by atoms with Crippen LogP contribution in [0.4, 0.5) is 17.1 Å². The summed E-state index contributed by atoms with van der Waals surface area (Å²) >= 11 is 0. The average Bonchev–Trinajstić information content (AvgIpc) is 3.37. The van der Waals surface area contributed by atoms with Crippen LogP contribution in [0.2, 0.25) is 0 Å². The predicted molar refractivity (Wildman–Crippen MR) is 128 cm³/mol. The summed E-state index contributed by atoms with van der Waals surface area (Å²) in [5, 5.41) is 11.2. The lowest BCUT2D eigenvalue weighted by Gasteiger charge is -2.19. The number of fused-ring (bicyclic) bond motifs is 1. The number of hydrogen-bond donors (Lipinski definition) is 0. The number of hydrogen-bond acceptors (Lipinski definition) is 7. The molecule has 36 heavy (non-hydrogen) atoms. The number of carbonyl (C=O) groups excluding carboxylic acids is 4. The molecule has 5 rings (SSSR count). The maximum absolute atomic E-state index is 12.8. The van der Waals surface area contributed by atoms with Crippen LogP contribution in [0.5, 0.6) is 5.75 Å². The molecule has 2 saturated heterocycles. The molecule has 3 atom stereocenters. The number of carbonyl (C=O) groups is 4. The summed E-state index contributed by atoms with van der Waals surface area (Å²) in [5.41, 5.74) is 1.19. The van der Waals surface area contributed by atoms with Crippen molar-refractivity contribution in [3.63, 3.8) is 0 Å². The lowest BCUT2D eigenvalue weighted by atomic mass is 9.81. The standard InChI is InChI=1S/C26H25N3O7/c1-15-6-7-18(13-22(15)29(34)35)27-14-16(12-23(27)30)26(33)36-19-10-8-17(9-11-19)28-24(31)20-4-2-3-5-21(20)25(28)32/h6-11,13,16,20-21H,2-5,12,14H2,1H3/t16-,20+,21+/m1/s1. The molecular formula is C26H25N3O7. The van der Waals surface area contributed by atoms with Crippen molar-refractivity contribution < 1.29 is 28.8 Å². The first-order chi connectivity index (χ1) is 17.2. The van der Waals surface area contributed by atoms with Crippen LogP contribution in [-0.2, 0) is 19.2 Å². The second-order valence-electron chi connectivity index (χ2n) is 9.56. The molecule has 3 fully saturated rings. The van der Waals surface area contributed by atoms with Crippen LogP contribution < -0.4 is 14.5 Å². The number of rotatable bonds is 5. The maximum Gasteiger partial charge on any atom is 0.316 e. The lowest BCUT2D eigenvalue weighted by molar-refractivity contribution is -0.385. The zero-order valence-corrected chi connectivity index (χ0v) is 19.7. The Hall–Kier alpha value is -4.08. The summed E-state index contributed by atoms with van der Waals surface area (Å²) in [6.45, 7) is 1.66. The molecule has 2 aliphatic heterocycles. The van der Waals surface area contributed by atoms with Crippen molar-refractivity contribution in [1.29, 1.82) is 0 Å². The Morgan fingerprint density at radius 2 is 1.58 bits per heavy atom. The Morgan fingerprint density at radius 3 is 2.19 bits per heavy atom. The second kappa shape index (κ2) is 9.18. The summed E-state index contributed by atoms with van der Waals surface area (Å²) in [5.74, 6) is -2.26. The summed E-state index contributed by atoms with van der Waals surface area (Å²) in [6.07, 6.45) is 3.29. The fourth-order valence-corrected chi connectivity index (χ4v) is 5.36. The molecular weight excluding hydrogens is 466 g/mol. The number of nitrogens with zero attached hydrogens (tertiary/aromatic N) is 3. The van der Waals surface area contributed by atoms with Gasteiger partial charge < -0.3 is 9.64 Å². The Balaban J connectivity index is 1.25. The van der Waals surface area contributed by atoms with Crippen LogP contribution >= 0.6 is 0 Å². The maximum atomic E-state index is 12.8. The number of anilines is 2. The van der Waals surface area contributed by atoms with E-state index in [-0.39, 0.29) is 54.0 Å². The number of aryl methyl sites for hydroxylation is 1. The third-order valence-electron chi connectivity index (χ3n) is 7.31. The van der Waals surface area contributed by atoms with Gasteiger partial charge in [0.1, 0.15) is 5.75 Å². The highest BCUT2D eigenvalue weighted by atomic mass is 16.6. The van der Waals surface area contributed by atoms with Crippen LogP contribution in [0.3, 0.4) is 0 Å². The van der Waals surface area contributed by atoms with E-state index in [0.717, 1.165) is 25.7 Å². The molecule has 2 aromatic rings. The van der Waals surface area contributed by atoms with Gasteiger partial charge in [0.2, 0.25) is 17.7 Å².